The first kappa shape index (κ1) is 15.8. The Bertz CT molecular complexity index is 381. The second-order valence-electron chi connectivity index (χ2n) is 4.75. The molecule has 1 aliphatic heterocycles. The maximum absolute atomic E-state index is 11.2. The van der Waals surface area contributed by atoms with Gasteiger partial charge < -0.3 is 14.4 Å². The summed E-state index contributed by atoms with van der Waals surface area (Å²) < 4.78 is 6.78. The molecule has 2 rings (SSSR count). The zero-order valence-electron chi connectivity index (χ0n) is 12.0. The Morgan fingerprint density at radius 2 is 2.21 bits per heavy atom. The summed E-state index contributed by atoms with van der Waals surface area (Å²) in [6, 6.07) is 1.83. The average Bonchev–Trinajstić information content (AvgIpc) is 3.02. The van der Waals surface area contributed by atoms with E-state index in [9.17, 15) is 4.79 Å². The molecule has 1 aromatic heterocycles. The number of fused-ring (bicyclic) bond motifs is 1. The lowest BCUT2D eigenvalue weighted by Gasteiger charge is -1.98. The van der Waals surface area contributed by atoms with Crippen LogP contribution in [0.4, 0.5) is 0 Å². The van der Waals surface area contributed by atoms with Crippen LogP contribution in [0.5, 0.6) is 0 Å². The number of ether oxygens (including phenoxy) is 1. The van der Waals surface area contributed by atoms with Crippen molar-refractivity contribution in [3.63, 3.8) is 0 Å². The summed E-state index contributed by atoms with van der Waals surface area (Å²) in [6.45, 7) is 3.56. The first-order valence-corrected chi connectivity index (χ1v) is 7.11. The molecule has 0 bridgehead atoms. The highest BCUT2D eigenvalue weighted by atomic mass is 16.5. The van der Waals surface area contributed by atoms with Crippen molar-refractivity contribution in [1.82, 2.24) is 4.57 Å². The van der Waals surface area contributed by atoms with Gasteiger partial charge in [-0.1, -0.05) is 26.2 Å². The monoisotopic (exact) mass is 267 g/mol. The first-order valence-electron chi connectivity index (χ1n) is 7.11. The highest BCUT2D eigenvalue weighted by Crippen LogP contribution is 2.20. The normalized spacial score (nSPS) is 12.6. The van der Waals surface area contributed by atoms with Crippen LogP contribution in [-0.4, -0.2) is 29.4 Å². The second-order valence-corrected chi connectivity index (χ2v) is 4.75. The zero-order valence-corrected chi connectivity index (χ0v) is 12.0. The summed E-state index contributed by atoms with van der Waals surface area (Å²) in [6.07, 6.45) is 8.77. The van der Waals surface area contributed by atoms with Crippen LogP contribution in [0.2, 0.25) is 0 Å². The van der Waals surface area contributed by atoms with Gasteiger partial charge in [0.2, 0.25) is 0 Å². The fourth-order valence-corrected chi connectivity index (χ4v) is 2.24. The number of hydrogen-bond acceptors (Lipinski definition) is 3. The molecule has 0 saturated heterocycles. The lowest BCUT2D eigenvalue weighted by Crippen LogP contribution is -2.03. The molecule has 0 saturated carbocycles. The number of hydrogen-bond donors (Lipinski definition) is 1. The van der Waals surface area contributed by atoms with Gasteiger partial charge in [0.05, 0.1) is 12.7 Å². The molecule has 0 radical (unpaired) electrons. The maximum Gasteiger partial charge on any atom is 0.339 e. The summed E-state index contributed by atoms with van der Waals surface area (Å²) in [5, 5.41) is 8.29. The molecule has 0 aromatic carbocycles. The topological polar surface area (TPSA) is 51.5 Å². The van der Waals surface area contributed by atoms with Gasteiger partial charge >= 0.3 is 5.97 Å². The SMILES string of the molecule is CCCCCCO.COC(=O)c1ccn2c1CCC2. The minimum atomic E-state index is -0.217. The number of aryl methyl sites for hydroxylation is 1. The molecule has 4 heteroatoms. The third kappa shape index (κ3) is 4.71. The fraction of sp³-hybridized carbons (Fsp3) is 0.667. The molecule has 0 spiro atoms. The highest BCUT2D eigenvalue weighted by molar-refractivity contribution is 5.90. The number of aliphatic hydroxyl groups is 1. The van der Waals surface area contributed by atoms with Crippen LogP contribution in [0.1, 0.15) is 55.1 Å². The van der Waals surface area contributed by atoms with Crippen LogP contribution in [-0.2, 0) is 17.7 Å². The summed E-state index contributed by atoms with van der Waals surface area (Å²) in [5.74, 6) is -0.217. The van der Waals surface area contributed by atoms with Crippen LogP contribution in [0, 0.1) is 0 Å². The molecule has 2 heterocycles. The van der Waals surface area contributed by atoms with Crippen molar-refractivity contribution in [3.05, 3.63) is 23.5 Å². The minimum absolute atomic E-state index is 0.217. The Hall–Kier alpha value is -1.29. The molecular weight excluding hydrogens is 242 g/mol. The Morgan fingerprint density at radius 3 is 2.84 bits per heavy atom. The number of aromatic nitrogens is 1. The molecule has 0 atom stereocenters. The van der Waals surface area contributed by atoms with E-state index >= 15 is 0 Å². The van der Waals surface area contributed by atoms with E-state index in [4.69, 9.17) is 5.11 Å². The molecule has 108 valence electrons. The number of methoxy groups -OCH3 is 1. The van der Waals surface area contributed by atoms with Gasteiger partial charge in [-0.05, 0) is 25.3 Å². The summed E-state index contributed by atoms with van der Waals surface area (Å²) in [5.41, 5.74) is 1.86. The molecule has 1 N–H and O–H groups in total. The third-order valence-corrected chi connectivity index (χ3v) is 3.31. The van der Waals surface area contributed by atoms with Crippen LogP contribution < -0.4 is 0 Å². The maximum atomic E-state index is 11.2. The van der Waals surface area contributed by atoms with Gasteiger partial charge in [0.25, 0.3) is 0 Å². The second kappa shape index (κ2) is 8.75. The molecule has 19 heavy (non-hydrogen) atoms. The number of carbonyl (C=O) groups excluding carboxylic acids is 1. The van der Waals surface area contributed by atoms with Crippen LogP contribution in [0.25, 0.3) is 0 Å². The van der Waals surface area contributed by atoms with Crippen molar-refractivity contribution < 1.29 is 14.6 Å². The van der Waals surface area contributed by atoms with E-state index in [-0.39, 0.29) is 5.97 Å². The minimum Gasteiger partial charge on any atom is -0.465 e. The third-order valence-electron chi connectivity index (χ3n) is 3.31. The fourth-order valence-electron chi connectivity index (χ4n) is 2.24. The number of aliphatic hydroxyl groups excluding tert-OH is 1. The van der Waals surface area contributed by atoms with Gasteiger partial charge in [-0.2, -0.15) is 0 Å². The Morgan fingerprint density at radius 1 is 1.42 bits per heavy atom. The van der Waals surface area contributed by atoms with E-state index < -0.39 is 0 Å². The van der Waals surface area contributed by atoms with Gasteiger partial charge in [0.1, 0.15) is 0 Å². The van der Waals surface area contributed by atoms with Crippen molar-refractivity contribution in [2.75, 3.05) is 13.7 Å². The van der Waals surface area contributed by atoms with E-state index in [1.807, 2.05) is 12.3 Å². The molecule has 0 amide bonds. The predicted molar refractivity (Wildman–Crippen MR) is 75.3 cm³/mol. The predicted octanol–water partition coefficient (Wildman–Crippen LogP) is 2.78. The number of rotatable bonds is 5. The molecule has 1 aromatic rings. The first-order chi connectivity index (χ1) is 9.24. The summed E-state index contributed by atoms with van der Waals surface area (Å²) >= 11 is 0. The largest absolute Gasteiger partial charge is 0.465 e. The molecule has 0 fully saturated rings. The summed E-state index contributed by atoms with van der Waals surface area (Å²) in [4.78, 5) is 11.2. The smallest absolute Gasteiger partial charge is 0.339 e. The van der Waals surface area contributed by atoms with Gasteiger partial charge in [0, 0.05) is 25.0 Å². The zero-order chi connectivity index (χ0) is 14.1. The average molecular weight is 267 g/mol. The van der Waals surface area contributed by atoms with Crippen LogP contribution in [0.3, 0.4) is 0 Å². The van der Waals surface area contributed by atoms with Crippen molar-refractivity contribution in [1.29, 1.82) is 0 Å². The van der Waals surface area contributed by atoms with Gasteiger partial charge in [0.15, 0.2) is 0 Å². The van der Waals surface area contributed by atoms with Gasteiger partial charge in [-0.3, -0.25) is 0 Å². The molecule has 1 aliphatic rings. The van der Waals surface area contributed by atoms with E-state index in [1.54, 1.807) is 0 Å². The van der Waals surface area contributed by atoms with Crippen molar-refractivity contribution in [2.24, 2.45) is 0 Å². The number of esters is 1. The van der Waals surface area contributed by atoms with Crippen molar-refractivity contribution in [2.45, 2.75) is 52.0 Å². The Kier molecular flexibility index (Phi) is 7.26. The highest BCUT2D eigenvalue weighted by Gasteiger charge is 2.19. The quantitative estimate of drug-likeness (QED) is 0.659. The molecule has 0 aliphatic carbocycles. The molecular formula is C15H25NO3. The lowest BCUT2D eigenvalue weighted by molar-refractivity contribution is 0.0599. The standard InChI is InChI=1S/C9H11NO2.C6H14O/c1-12-9(11)7-4-6-10-5-2-3-8(7)10;1-2-3-4-5-6-7/h4,6H,2-3,5H2,1H3;7H,2-6H2,1H3. The number of nitrogens with zero attached hydrogens (tertiary/aromatic N) is 1. The van der Waals surface area contributed by atoms with Crippen molar-refractivity contribution in [3.8, 4) is 0 Å². The van der Waals surface area contributed by atoms with Crippen LogP contribution >= 0.6 is 0 Å². The molecule has 0 unspecified atom stereocenters. The summed E-state index contributed by atoms with van der Waals surface area (Å²) in [7, 11) is 1.42. The van der Waals surface area contributed by atoms with E-state index in [2.05, 4.69) is 16.2 Å². The van der Waals surface area contributed by atoms with Crippen molar-refractivity contribution >= 4 is 5.97 Å². The molecule has 4 nitrogen and oxygen atoms in total. The lowest BCUT2D eigenvalue weighted by atomic mass is 10.2. The van der Waals surface area contributed by atoms with Gasteiger partial charge in [-0.15, -0.1) is 0 Å². The van der Waals surface area contributed by atoms with E-state index in [0.717, 1.165) is 37.1 Å². The number of carbonyl (C=O) groups is 1. The Labute approximate surface area is 115 Å². The Balaban J connectivity index is 0.000000224. The number of unbranched alkanes of at least 4 members (excludes halogenated alkanes) is 3. The van der Waals surface area contributed by atoms with Gasteiger partial charge in [-0.25, -0.2) is 4.79 Å². The van der Waals surface area contributed by atoms with E-state index in [0.29, 0.717) is 6.61 Å². The van der Waals surface area contributed by atoms with Crippen LogP contribution in [0.15, 0.2) is 12.3 Å². The van der Waals surface area contributed by atoms with E-state index in [1.165, 1.54) is 26.4 Å².